The van der Waals surface area contributed by atoms with Crippen LogP contribution in [0.15, 0.2) is 60.7 Å². The number of carbonyl (C=O) groups excluding carboxylic acids is 1. The fourth-order valence-corrected chi connectivity index (χ4v) is 3.64. The summed E-state index contributed by atoms with van der Waals surface area (Å²) >= 11 is 0. The maximum absolute atomic E-state index is 13.1. The van der Waals surface area contributed by atoms with E-state index in [1.165, 1.54) is 0 Å². The van der Waals surface area contributed by atoms with Gasteiger partial charge in [0.15, 0.2) is 0 Å². The van der Waals surface area contributed by atoms with Crippen LogP contribution >= 0.6 is 0 Å². The van der Waals surface area contributed by atoms with Crippen LogP contribution < -0.4 is 0 Å². The average Bonchev–Trinajstić information content (AvgIpc) is 2.62. The molecule has 0 N–H and O–H groups in total. The second-order valence-corrected chi connectivity index (χ2v) is 7.23. The smallest absolute Gasteiger partial charge is 0.318 e. The maximum Gasteiger partial charge on any atom is 0.318 e. The van der Waals surface area contributed by atoms with Gasteiger partial charge in [-0.3, -0.25) is 4.79 Å². The lowest BCUT2D eigenvalue weighted by atomic mass is 9.90. The highest BCUT2D eigenvalue weighted by molar-refractivity contribution is 5.82. The van der Waals surface area contributed by atoms with Crippen molar-refractivity contribution in [1.29, 1.82) is 0 Å². The zero-order valence-electron chi connectivity index (χ0n) is 15.3. The summed E-state index contributed by atoms with van der Waals surface area (Å²) in [4.78, 5) is 15.4. The molecule has 1 fully saturated rings. The molecule has 0 saturated carbocycles. The van der Waals surface area contributed by atoms with Crippen molar-refractivity contribution >= 4 is 5.97 Å². The van der Waals surface area contributed by atoms with Gasteiger partial charge in [-0.1, -0.05) is 67.6 Å². The lowest BCUT2D eigenvalue weighted by molar-refractivity contribution is -0.156. The molecule has 3 rings (SSSR count). The number of likely N-dealkylation sites (tertiary alicyclic amines) is 1. The Kier molecular flexibility index (Phi) is 5.54. The van der Waals surface area contributed by atoms with Crippen molar-refractivity contribution in [1.82, 2.24) is 4.90 Å². The summed E-state index contributed by atoms with van der Waals surface area (Å²) in [6.45, 7) is 5.32. The van der Waals surface area contributed by atoms with Gasteiger partial charge in [0.05, 0.1) is 0 Å². The van der Waals surface area contributed by atoms with Crippen LogP contribution in [0.5, 0.6) is 0 Å². The summed E-state index contributed by atoms with van der Waals surface area (Å²) in [6.07, 6.45) is 0.869. The molecule has 3 heteroatoms. The summed E-state index contributed by atoms with van der Waals surface area (Å²) in [5.74, 6) is -0.173. The number of piperidine rings is 1. The third-order valence-electron chi connectivity index (χ3n) is 5.31. The minimum absolute atomic E-state index is 0.0198. The van der Waals surface area contributed by atoms with Gasteiger partial charge in [-0.05, 0) is 31.5 Å². The molecule has 25 heavy (non-hydrogen) atoms. The number of hydrogen-bond acceptors (Lipinski definition) is 3. The zero-order chi connectivity index (χ0) is 17.8. The van der Waals surface area contributed by atoms with Crippen LogP contribution in [0.4, 0.5) is 0 Å². The second-order valence-electron chi connectivity index (χ2n) is 7.23. The van der Waals surface area contributed by atoms with Gasteiger partial charge in [0, 0.05) is 18.5 Å². The van der Waals surface area contributed by atoms with Crippen LogP contribution in [0.1, 0.15) is 37.3 Å². The largest absolute Gasteiger partial charge is 0.461 e. The number of nitrogens with zero attached hydrogens (tertiary/aromatic N) is 1. The van der Waals surface area contributed by atoms with Crippen LogP contribution in [0.3, 0.4) is 0 Å². The van der Waals surface area contributed by atoms with Gasteiger partial charge in [-0.2, -0.15) is 0 Å². The molecule has 3 atom stereocenters. The third-order valence-corrected chi connectivity index (χ3v) is 5.31. The molecule has 1 heterocycles. The molecule has 0 spiro atoms. The Labute approximate surface area is 150 Å². The average molecular weight is 337 g/mol. The van der Waals surface area contributed by atoms with Gasteiger partial charge < -0.3 is 9.64 Å². The Hall–Kier alpha value is -2.13. The maximum atomic E-state index is 13.1. The van der Waals surface area contributed by atoms with Gasteiger partial charge in [-0.15, -0.1) is 0 Å². The topological polar surface area (TPSA) is 29.5 Å². The van der Waals surface area contributed by atoms with Crippen LogP contribution in [0.2, 0.25) is 0 Å². The lowest BCUT2D eigenvalue weighted by Gasteiger charge is -2.39. The van der Waals surface area contributed by atoms with Crippen LogP contribution in [-0.4, -0.2) is 36.6 Å². The molecule has 1 aliphatic rings. The summed E-state index contributed by atoms with van der Waals surface area (Å²) in [7, 11) is 2.13. The van der Waals surface area contributed by atoms with Gasteiger partial charge in [-0.25, -0.2) is 0 Å². The highest BCUT2D eigenvalue weighted by Crippen LogP contribution is 2.30. The Morgan fingerprint density at radius 2 is 1.52 bits per heavy atom. The molecule has 0 radical (unpaired) electrons. The van der Waals surface area contributed by atoms with E-state index in [9.17, 15) is 4.79 Å². The van der Waals surface area contributed by atoms with E-state index in [0.29, 0.717) is 12.0 Å². The molecular weight excluding hydrogens is 310 g/mol. The number of hydrogen-bond donors (Lipinski definition) is 0. The van der Waals surface area contributed by atoms with E-state index >= 15 is 0 Å². The minimum Gasteiger partial charge on any atom is -0.461 e. The van der Waals surface area contributed by atoms with Gasteiger partial charge >= 0.3 is 5.97 Å². The monoisotopic (exact) mass is 337 g/mol. The van der Waals surface area contributed by atoms with E-state index in [1.807, 2.05) is 60.7 Å². The van der Waals surface area contributed by atoms with Crippen molar-refractivity contribution in [3.05, 3.63) is 71.8 Å². The summed E-state index contributed by atoms with van der Waals surface area (Å²) in [6, 6.07) is 20.3. The van der Waals surface area contributed by atoms with Crippen LogP contribution in [0.25, 0.3) is 0 Å². The van der Waals surface area contributed by atoms with Gasteiger partial charge in [0.25, 0.3) is 0 Å². The van der Waals surface area contributed by atoms with E-state index in [1.54, 1.807) is 0 Å². The minimum atomic E-state index is -0.371. The number of rotatable bonds is 4. The quantitative estimate of drug-likeness (QED) is 0.787. The summed E-state index contributed by atoms with van der Waals surface area (Å²) < 4.78 is 6.03. The summed E-state index contributed by atoms with van der Waals surface area (Å²) in [5.41, 5.74) is 1.96. The Morgan fingerprint density at radius 1 is 1.00 bits per heavy atom. The first-order valence-corrected chi connectivity index (χ1v) is 9.07. The van der Waals surface area contributed by atoms with E-state index < -0.39 is 0 Å². The molecule has 132 valence electrons. The molecule has 1 saturated heterocycles. The second kappa shape index (κ2) is 7.83. The molecular formula is C22H27NO2. The Bertz CT molecular complexity index is 646. The molecule has 2 aromatic rings. The van der Waals surface area contributed by atoms with Crippen molar-refractivity contribution in [2.45, 2.75) is 38.3 Å². The van der Waals surface area contributed by atoms with Crippen LogP contribution in [-0.2, 0) is 9.53 Å². The molecule has 0 aliphatic carbocycles. The molecule has 0 bridgehead atoms. The summed E-state index contributed by atoms with van der Waals surface area (Å²) in [5, 5.41) is 0. The van der Waals surface area contributed by atoms with E-state index in [0.717, 1.165) is 24.1 Å². The van der Waals surface area contributed by atoms with Crippen molar-refractivity contribution in [2.75, 3.05) is 13.6 Å². The first kappa shape index (κ1) is 17.7. The van der Waals surface area contributed by atoms with E-state index in [-0.39, 0.29) is 18.0 Å². The van der Waals surface area contributed by atoms with Crippen molar-refractivity contribution < 1.29 is 9.53 Å². The highest BCUT2D eigenvalue weighted by Gasteiger charge is 2.34. The fraction of sp³-hybridized carbons (Fsp3) is 0.409. The number of carbonyl (C=O) groups is 1. The van der Waals surface area contributed by atoms with Crippen molar-refractivity contribution in [2.24, 2.45) is 5.92 Å². The highest BCUT2D eigenvalue weighted by atomic mass is 16.5. The van der Waals surface area contributed by atoms with Gasteiger partial charge in [0.2, 0.25) is 0 Å². The van der Waals surface area contributed by atoms with E-state index in [4.69, 9.17) is 4.74 Å². The normalized spacial score (nSPS) is 24.2. The Balaban J connectivity index is 1.83. The number of benzene rings is 2. The molecule has 1 aliphatic heterocycles. The molecule has 3 nitrogen and oxygen atoms in total. The third kappa shape index (κ3) is 4.10. The number of ether oxygens (including phenoxy) is 1. The predicted octanol–water partition coefficient (Wildman–Crippen LogP) is 4.09. The molecule has 2 aromatic carbocycles. The van der Waals surface area contributed by atoms with Crippen molar-refractivity contribution in [3.8, 4) is 0 Å². The zero-order valence-corrected chi connectivity index (χ0v) is 15.3. The Morgan fingerprint density at radius 3 is 2.04 bits per heavy atom. The fourth-order valence-electron chi connectivity index (χ4n) is 3.64. The van der Waals surface area contributed by atoms with Gasteiger partial charge in [0.1, 0.15) is 12.0 Å². The first-order valence-electron chi connectivity index (χ1n) is 9.07. The van der Waals surface area contributed by atoms with Crippen molar-refractivity contribution in [3.63, 3.8) is 0 Å². The lowest BCUT2D eigenvalue weighted by Crippen LogP contribution is -2.47. The van der Waals surface area contributed by atoms with Crippen LogP contribution in [0, 0.1) is 5.92 Å². The molecule has 0 amide bonds. The van der Waals surface area contributed by atoms with E-state index in [2.05, 4.69) is 25.8 Å². The molecule has 0 aromatic heterocycles. The predicted molar refractivity (Wildman–Crippen MR) is 100 cm³/mol. The first-order chi connectivity index (χ1) is 12.1. The molecule has 0 unspecified atom stereocenters. The SMILES string of the molecule is C[C@H]1CN(C)[C@@H](C)C[C@@H]1OC(=O)C(c1ccccc1)c1ccccc1. The number of esters is 1. The standard InChI is InChI=1S/C22H27NO2/c1-16-15-23(3)17(2)14-20(16)25-22(24)21(18-10-6-4-7-11-18)19-12-8-5-9-13-19/h4-13,16-17,20-21H,14-15H2,1-3H3/t16-,17-,20-/m0/s1.